The second-order valence-electron chi connectivity index (χ2n) is 5.15. The molecule has 20 heavy (non-hydrogen) atoms. The first-order valence-electron chi connectivity index (χ1n) is 6.47. The van der Waals surface area contributed by atoms with Crippen LogP contribution in [-0.2, 0) is 16.8 Å². The van der Waals surface area contributed by atoms with Crippen LogP contribution in [0.25, 0.3) is 0 Å². The Morgan fingerprint density at radius 3 is 2.35 bits per heavy atom. The highest BCUT2D eigenvalue weighted by Crippen LogP contribution is 2.38. The van der Waals surface area contributed by atoms with Crippen LogP contribution in [0.3, 0.4) is 0 Å². The van der Waals surface area contributed by atoms with E-state index in [0.717, 1.165) is 6.07 Å². The molecule has 0 N–H and O–H groups in total. The fourth-order valence-electron chi connectivity index (χ4n) is 2.54. The highest BCUT2D eigenvalue weighted by atomic mass is 35.5. The van der Waals surface area contributed by atoms with Gasteiger partial charge in [-0.1, -0.05) is 6.07 Å². The molecule has 2 unspecified atom stereocenters. The lowest BCUT2D eigenvalue weighted by atomic mass is 10.1. The molecule has 112 valence electrons. The van der Waals surface area contributed by atoms with Gasteiger partial charge in [-0.2, -0.15) is 13.2 Å². The Kier molecular flexibility index (Phi) is 4.49. The van der Waals surface area contributed by atoms with Crippen molar-refractivity contribution in [1.29, 1.82) is 0 Å². The van der Waals surface area contributed by atoms with Gasteiger partial charge >= 0.3 is 6.18 Å². The van der Waals surface area contributed by atoms with Crippen LogP contribution < -0.4 is 4.90 Å². The fourth-order valence-corrected chi connectivity index (χ4v) is 2.71. The Hall–Kier alpha value is -0.940. The first-order valence-corrected chi connectivity index (χ1v) is 7.01. The molecule has 1 aromatic rings. The third-order valence-electron chi connectivity index (χ3n) is 3.28. The fraction of sp³-hybridized carbons (Fsp3) is 0.571. The van der Waals surface area contributed by atoms with Gasteiger partial charge < -0.3 is 9.64 Å². The van der Waals surface area contributed by atoms with E-state index in [4.69, 9.17) is 16.3 Å². The highest BCUT2D eigenvalue weighted by molar-refractivity contribution is 6.17. The molecule has 1 saturated heterocycles. The average Bonchev–Trinajstić information content (AvgIpc) is 2.35. The monoisotopic (exact) mass is 307 g/mol. The smallest absolute Gasteiger partial charge is 0.372 e. The maximum absolute atomic E-state index is 13.2. The topological polar surface area (TPSA) is 12.5 Å². The average molecular weight is 308 g/mol. The molecular weight excluding hydrogens is 291 g/mol. The lowest BCUT2D eigenvalue weighted by Crippen LogP contribution is -2.46. The van der Waals surface area contributed by atoms with Crippen LogP contribution in [-0.4, -0.2) is 25.3 Å². The molecule has 2 nitrogen and oxygen atoms in total. The van der Waals surface area contributed by atoms with Gasteiger partial charge in [0.25, 0.3) is 0 Å². The molecule has 0 radical (unpaired) electrons. The number of morpholine rings is 1. The van der Waals surface area contributed by atoms with Crippen molar-refractivity contribution in [3.63, 3.8) is 0 Å². The largest absolute Gasteiger partial charge is 0.418 e. The summed E-state index contributed by atoms with van der Waals surface area (Å²) in [7, 11) is 0. The van der Waals surface area contributed by atoms with Crippen molar-refractivity contribution in [1.82, 2.24) is 0 Å². The van der Waals surface area contributed by atoms with Gasteiger partial charge in [0.2, 0.25) is 0 Å². The summed E-state index contributed by atoms with van der Waals surface area (Å²) in [6.07, 6.45) is -4.57. The van der Waals surface area contributed by atoms with Gasteiger partial charge in [-0.15, -0.1) is 11.6 Å². The standard InChI is InChI=1S/C14H17ClF3NO/c1-9-7-19(8-10(2)20-9)13-4-3-11(6-15)5-12(13)14(16,17)18/h3-5,9-10H,6-8H2,1-2H3. The van der Waals surface area contributed by atoms with Crippen LogP contribution in [0.2, 0.25) is 0 Å². The molecule has 0 bridgehead atoms. The van der Waals surface area contributed by atoms with Gasteiger partial charge in [0.15, 0.2) is 0 Å². The molecule has 0 saturated carbocycles. The number of benzene rings is 1. The summed E-state index contributed by atoms with van der Waals surface area (Å²) in [5.41, 5.74) is 0.0439. The number of hydrogen-bond donors (Lipinski definition) is 0. The minimum Gasteiger partial charge on any atom is -0.372 e. The number of rotatable bonds is 2. The summed E-state index contributed by atoms with van der Waals surface area (Å²) in [6.45, 7) is 4.63. The molecular formula is C14H17ClF3NO. The van der Waals surface area contributed by atoms with Gasteiger partial charge in [0.05, 0.1) is 17.8 Å². The van der Waals surface area contributed by atoms with Crippen LogP contribution in [0, 0.1) is 0 Å². The molecule has 0 amide bonds. The number of hydrogen-bond acceptors (Lipinski definition) is 2. The third kappa shape index (κ3) is 3.38. The lowest BCUT2D eigenvalue weighted by molar-refractivity contribution is -0.137. The van der Waals surface area contributed by atoms with Gasteiger partial charge in [-0.05, 0) is 31.5 Å². The number of alkyl halides is 4. The predicted octanol–water partition coefficient (Wildman–Crippen LogP) is 4.06. The summed E-state index contributed by atoms with van der Waals surface area (Å²) in [5, 5.41) is 0. The van der Waals surface area contributed by atoms with Gasteiger partial charge in [-0.3, -0.25) is 0 Å². The molecule has 0 spiro atoms. The number of anilines is 1. The molecule has 6 heteroatoms. The predicted molar refractivity (Wildman–Crippen MR) is 73.2 cm³/mol. The van der Waals surface area contributed by atoms with E-state index in [2.05, 4.69) is 0 Å². The van der Waals surface area contributed by atoms with Crippen LogP contribution >= 0.6 is 11.6 Å². The van der Waals surface area contributed by atoms with Crippen LogP contribution in [0.15, 0.2) is 18.2 Å². The SMILES string of the molecule is CC1CN(c2ccc(CCl)cc2C(F)(F)F)CC(C)O1. The summed E-state index contributed by atoms with van der Waals surface area (Å²) in [5.74, 6) is 0.0687. The third-order valence-corrected chi connectivity index (χ3v) is 3.59. The van der Waals surface area contributed by atoms with Crippen molar-refractivity contribution in [2.75, 3.05) is 18.0 Å². The van der Waals surface area contributed by atoms with E-state index in [1.54, 1.807) is 11.0 Å². The molecule has 1 fully saturated rings. The normalized spacial score (nSPS) is 24.0. The van der Waals surface area contributed by atoms with Crippen LogP contribution in [0.5, 0.6) is 0 Å². The molecule has 0 aliphatic carbocycles. The number of ether oxygens (including phenoxy) is 1. The molecule has 1 aromatic carbocycles. The van der Waals surface area contributed by atoms with Crippen molar-refractivity contribution in [3.8, 4) is 0 Å². The quantitative estimate of drug-likeness (QED) is 0.764. The molecule has 2 atom stereocenters. The lowest BCUT2D eigenvalue weighted by Gasteiger charge is -2.38. The maximum atomic E-state index is 13.2. The van der Waals surface area contributed by atoms with Crippen molar-refractivity contribution in [2.24, 2.45) is 0 Å². The van der Waals surface area contributed by atoms with E-state index in [1.807, 2.05) is 13.8 Å². The minimum atomic E-state index is -4.39. The van der Waals surface area contributed by atoms with Crippen LogP contribution in [0.1, 0.15) is 25.0 Å². The zero-order valence-electron chi connectivity index (χ0n) is 11.4. The molecule has 0 aromatic heterocycles. The second kappa shape index (κ2) is 5.82. The number of nitrogens with zero attached hydrogens (tertiary/aromatic N) is 1. The molecule has 1 aliphatic heterocycles. The van der Waals surface area contributed by atoms with E-state index in [0.29, 0.717) is 18.7 Å². The van der Waals surface area contributed by atoms with E-state index in [9.17, 15) is 13.2 Å². The summed E-state index contributed by atoms with van der Waals surface area (Å²) < 4.78 is 45.2. The Morgan fingerprint density at radius 1 is 1.25 bits per heavy atom. The second-order valence-corrected chi connectivity index (χ2v) is 5.41. The van der Waals surface area contributed by atoms with Gasteiger partial charge in [-0.25, -0.2) is 0 Å². The van der Waals surface area contributed by atoms with E-state index >= 15 is 0 Å². The van der Waals surface area contributed by atoms with Gasteiger partial charge in [0.1, 0.15) is 0 Å². The Labute approximate surface area is 121 Å². The van der Waals surface area contributed by atoms with Crippen LogP contribution in [0.4, 0.5) is 18.9 Å². The van der Waals surface area contributed by atoms with E-state index in [1.165, 1.54) is 6.07 Å². The van der Waals surface area contributed by atoms with Gasteiger partial charge in [0, 0.05) is 24.7 Å². The Balaban J connectivity index is 2.40. The first-order chi connectivity index (χ1) is 9.31. The highest BCUT2D eigenvalue weighted by Gasteiger charge is 2.36. The summed E-state index contributed by atoms with van der Waals surface area (Å²) >= 11 is 5.63. The first kappa shape index (κ1) is 15.4. The molecule has 2 rings (SSSR count). The van der Waals surface area contributed by atoms with E-state index in [-0.39, 0.29) is 23.8 Å². The number of halogens is 4. The van der Waals surface area contributed by atoms with Crippen molar-refractivity contribution in [3.05, 3.63) is 29.3 Å². The van der Waals surface area contributed by atoms with E-state index < -0.39 is 11.7 Å². The molecule has 1 heterocycles. The van der Waals surface area contributed by atoms with Crippen molar-refractivity contribution in [2.45, 2.75) is 38.1 Å². The summed E-state index contributed by atoms with van der Waals surface area (Å²) in [4.78, 5) is 1.74. The van der Waals surface area contributed by atoms with Crippen molar-refractivity contribution < 1.29 is 17.9 Å². The zero-order chi connectivity index (χ0) is 14.9. The summed E-state index contributed by atoms with van der Waals surface area (Å²) in [6, 6.07) is 4.28. The maximum Gasteiger partial charge on any atom is 0.418 e. The molecule has 1 aliphatic rings. The minimum absolute atomic E-state index is 0.0687. The van der Waals surface area contributed by atoms with Crippen molar-refractivity contribution >= 4 is 17.3 Å². The zero-order valence-corrected chi connectivity index (χ0v) is 12.1. The Morgan fingerprint density at radius 2 is 1.85 bits per heavy atom. The Bertz CT molecular complexity index is 468.